The van der Waals surface area contributed by atoms with Crippen LogP contribution in [0.4, 0.5) is 0 Å². The average Bonchev–Trinajstić information content (AvgIpc) is 3.13. The van der Waals surface area contributed by atoms with Crippen LogP contribution in [0.5, 0.6) is 0 Å². The number of benzene rings is 4. The summed E-state index contributed by atoms with van der Waals surface area (Å²) in [5, 5.41) is 6.42. The minimum absolute atomic E-state index is 0.00348. The fourth-order valence-corrected chi connectivity index (χ4v) is 5.69. The second kappa shape index (κ2) is 4.86. The first-order valence-corrected chi connectivity index (χ1v) is 10.0. The van der Waals surface area contributed by atoms with Gasteiger partial charge in [0.15, 0.2) is 0 Å². The summed E-state index contributed by atoms with van der Waals surface area (Å²) in [7, 11) is 0. The monoisotopic (exact) mass is 376 g/mol. The second-order valence-electron chi connectivity index (χ2n) is 7.18. The van der Waals surface area contributed by atoms with Gasteiger partial charge in [0.25, 0.3) is 5.56 Å². The number of aromatic nitrogens is 2. The first-order chi connectivity index (χ1) is 13.8. The lowest BCUT2D eigenvalue weighted by atomic mass is 9.98. The molecule has 7 rings (SSSR count). The van der Waals surface area contributed by atoms with Gasteiger partial charge in [-0.05, 0) is 47.2 Å². The van der Waals surface area contributed by atoms with Crippen LogP contribution < -0.4 is 5.56 Å². The van der Waals surface area contributed by atoms with Gasteiger partial charge in [0, 0.05) is 30.9 Å². The molecule has 0 atom stereocenters. The summed E-state index contributed by atoms with van der Waals surface area (Å²) in [6.07, 6.45) is 0. The summed E-state index contributed by atoms with van der Waals surface area (Å²) in [6.45, 7) is 0. The van der Waals surface area contributed by atoms with Gasteiger partial charge in [0.05, 0.1) is 11.0 Å². The maximum absolute atomic E-state index is 13.5. The molecule has 4 heteroatoms. The Morgan fingerprint density at radius 3 is 2.43 bits per heavy atom. The predicted octanol–water partition coefficient (Wildman–Crippen LogP) is 5.96. The van der Waals surface area contributed by atoms with Gasteiger partial charge in [-0.2, -0.15) is 0 Å². The van der Waals surface area contributed by atoms with Crippen molar-refractivity contribution in [2.45, 2.75) is 0 Å². The minimum atomic E-state index is 0.00348. The normalized spacial score (nSPS) is 12.4. The van der Waals surface area contributed by atoms with Gasteiger partial charge in [0.2, 0.25) is 0 Å². The molecule has 0 aliphatic heterocycles. The molecular weight excluding hydrogens is 364 g/mol. The Hall–Kier alpha value is -3.50. The summed E-state index contributed by atoms with van der Waals surface area (Å²) in [4.78, 5) is 18.3. The van der Waals surface area contributed by atoms with Gasteiger partial charge < -0.3 is 0 Å². The highest BCUT2D eigenvalue weighted by molar-refractivity contribution is 7.25. The molecule has 0 saturated carbocycles. The van der Waals surface area contributed by atoms with E-state index < -0.39 is 0 Å². The van der Waals surface area contributed by atoms with Crippen LogP contribution in [0.2, 0.25) is 0 Å². The number of hydrogen-bond acceptors (Lipinski definition) is 3. The van der Waals surface area contributed by atoms with E-state index >= 15 is 0 Å². The van der Waals surface area contributed by atoms with Crippen LogP contribution in [0.1, 0.15) is 0 Å². The zero-order valence-electron chi connectivity index (χ0n) is 14.6. The second-order valence-corrected chi connectivity index (χ2v) is 8.27. The van der Waals surface area contributed by atoms with E-state index in [-0.39, 0.29) is 5.56 Å². The highest BCUT2D eigenvalue weighted by atomic mass is 32.1. The van der Waals surface area contributed by atoms with Crippen molar-refractivity contribution in [3.05, 3.63) is 83.2 Å². The first kappa shape index (κ1) is 14.5. The van der Waals surface area contributed by atoms with Crippen molar-refractivity contribution >= 4 is 69.7 Å². The van der Waals surface area contributed by atoms with Gasteiger partial charge in [-0.25, -0.2) is 4.98 Å². The lowest BCUT2D eigenvalue weighted by Gasteiger charge is -2.13. The Balaban J connectivity index is 1.87. The van der Waals surface area contributed by atoms with Gasteiger partial charge in [-0.15, -0.1) is 11.3 Å². The van der Waals surface area contributed by atoms with Crippen LogP contribution in [0.3, 0.4) is 0 Å². The fourth-order valence-electron chi connectivity index (χ4n) is 4.57. The summed E-state index contributed by atoms with van der Waals surface area (Å²) in [5.74, 6) is 0. The molecule has 28 heavy (non-hydrogen) atoms. The van der Waals surface area contributed by atoms with Crippen LogP contribution in [0, 0.1) is 0 Å². The summed E-state index contributed by atoms with van der Waals surface area (Å²) in [6, 6.07) is 24.7. The molecule has 7 aromatic rings. The molecule has 3 nitrogen and oxygen atoms in total. The largest absolute Gasteiger partial charge is 0.268 e. The third-order valence-corrected chi connectivity index (χ3v) is 6.89. The van der Waals surface area contributed by atoms with E-state index in [4.69, 9.17) is 4.98 Å². The molecule has 0 radical (unpaired) electrons. The zero-order valence-corrected chi connectivity index (χ0v) is 15.5. The molecule has 0 spiro atoms. The molecule has 4 aromatic carbocycles. The highest BCUT2D eigenvalue weighted by Crippen LogP contribution is 2.41. The average molecular weight is 376 g/mol. The smallest absolute Gasteiger partial charge is 0.264 e. The maximum Gasteiger partial charge on any atom is 0.264 e. The molecular formula is C24H12N2OS. The summed E-state index contributed by atoms with van der Waals surface area (Å²) >= 11 is 1.78. The van der Waals surface area contributed by atoms with E-state index in [2.05, 4.69) is 42.5 Å². The molecule has 0 fully saturated rings. The first-order valence-electron chi connectivity index (χ1n) is 9.21. The van der Waals surface area contributed by atoms with E-state index in [0.29, 0.717) is 0 Å². The van der Waals surface area contributed by atoms with E-state index in [9.17, 15) is 4.79 Å². The SMILES string of the molecule is O=c1c2ccc3c4ccccc4sc4ccc(c2c43)c2nc3ccccc3n12. The van der Waals surface area contributed by atoms with Gasteiger partial charge >= 0.3 is 0 Å². The van der Waals surface area contributed by atoms with E-state index in [0.717, 1.165) is 32.8 Å². The standard InChI is InChI=1S/C24H12N2OS/c27-24-16-10-9-14-13-5-1-4-8-19(13)28-20-12-11-15(21(16)22(14)20)23-25-17-6-2-3-7-18(17)26(23)24/h1-12H. The Morgan fingerprint density at radius 2 is 1.46 bits per heavy atom. The molecule has 0 aliphatic carbocycles. The summed E-state index contributed by atoms with van der Waals surface area (Å²) < 4.78 is 4.22. The number of hydrogen-bond donors (Lipinski definition) is 0. The molecule has 0 amide bonds. The van der Waals surface area contributed by atoms with Crippen molar-refractivity contribution in [3.63, 3.8) is 0 Å². The Kier molecular flexibility index (Phi) is 2.52. The van der Waals surface area contributed by atoms with Crippen LogP contribution in [0.15, 0.2) is 77.6 Å². The number of rotatable bonds is 0. The number of imidazole rings is 1. The van der Waals surface area contributed by atoms with Gasteiger partial charge in [-0.1, -0.05) is 36.4 Å². The lowest BCUT2D eigenvalue weighted by molar-refractivity contribution is 1.19. The maximum atomic E-state index is 13.5. The molecule has 0 bridgehead atoms. The topological polar surface area (TPSA) is 34.4 Å². The van der Waals surface area contributed by atoms with E-state index in [1.807, 2.05) is 30.3 Å². The molecule has 3 heterocycles. The van der Waals surface area contributed by atoms with Crippen molar-refractivity contribution < 1.29 is 0 Å². The minimum Gasteiger partial charge on any atom is -0.268 e. The Bertz CT molecular complexity index is 1790. The molecule has 0 saturated heterocycles. The van der Waals surface area contributed by atoms with E-state index in [1.54, 1.807) is 15.7 Å². The fraction of sp³-hybridized carbons (Fsp3) is 0. The van der Waals surface area contributed by atoms with Gasteiger partial charge in [0.1, 0.15) is 5.65 Å². The third-order valence-electron chi connectivity index (χ3n) is 5.75. The molecule has 0 N–H and O–H groups in total. The lowest BCUT2D eigenvalue weighted by Crippen LogP contribution is -2.13. The van der Waals surface area contributed by atoms with Crippen LogP contribution in [-0.4, -0.2) is 9.38 Å². The molecule has 0 unspecified atom stereocenters. The van der Waals surface area contributed by atoms with Crippen molar-refractivity contribution in [1.82, 2.24) is 9.38 Å². The summed E-state index contributed by atoms with van der Waals surface area (Å²) in [5.41, 5.74) is 2.46. The number of pyridine rings is 1. The Labute approximate surface area is 162 Å². The van der Waals surface area contributed by atoms with Gasteiger partial charge in [-0.3, -0.25) is 9.20 Å². The highest BCUT2D eigenvalue weighted by Gasteiger charge is 2.18. The predicted molar refractivity (Wildman–Crippen MR) is 118 cm³/mol. The van der Waals surface area contributed by atoms with Crippen molar-refractivity contribution in [1.29, 1.82) is 0 Å². The Morgan fingerprint density at radius 1 is 0.679 bits per heavy atom. The molecule has 3 aromatic heterocycles. The van der Waals surface area contributed by atoms with Crippen LogP contribution in [0.25, 0.3) is 58.4 Å². The molecule has 0 aliphatic rings. The number of fused-ring (bicyclic) bond motifs is 6. The zero-order chi connectivity index (χ0) is 18.4. The number of para-hydroxylation sites is 2. The quantitative estimate of drug-likeness (QED) is 0.242. The van der Waals surface area contributed by atoms with Crippen molar-refractivity contribution in [3.8, 4) is 0 Å². The van der Waals surface area contributed by atoms with Crippen molar-refractivity contribution in [2.75, 3.05) is 0 Å². The van der Waals surface area contributed by atoms with E-state index in [1.165, 1.54) is 25.6 Å². The number of nitrogens with zero attached hydrogens (tertiary/aromatic N) is 2. The van der Waals surface area contributed by atoms with Crippen LogP contribution >= 0.6 is 11.3 Å². The van der Waals surface area contributed by atoms with Crippen LogP contribution in [-0.2, 0) is 0 Å². The van der Waals surface area contributed by atoms with Crippen molar-refractivity contribution in [2.24, 2.45) is 0 Å². The molecule has 130 valence electrons. The third kappa shape index (κ3) is 1.60.